The molecule has 2 N–H and O–H groups in total. The van der Waals surface area contributed by atoms with Gasteiger partial charge in [-0.25, -0.2) is 8.42 Å². The Morgan fingerprint density at radius 3 is 2.54 bits per heavy atom. The Bertz CT molecular complexity index is 1200. The average molecular weight is 501 g/mol. The van der Waals surface area contributed by atoms with Gasteiger partial charge in [0, 0.05) is 36.7 Å². The second-order valence-corrected chi connectivity index (χ2v) is 10.8. The maximum atomic E-state index is 13.5. The summed E-state index contributed by atoms with van der Waals surface area (Å²) in [5.41, 5.74) is 1.03. The van der Waals surface area contributed by atoms with Crippen molar-refractivity contribution in [3.63, 3.8) is 0 Å². The van der Waals surface area contributed by atoms with Crippen LogP contribution >= 0.6 is 0 Å². The zero-order valence-corrected chi connectivity index (χ0v) is 21.2. The van der Waals surface area contributed by atoms with Crippen LogP contribution in [0.4, 0.5) is 0 Å². The van der Waals surface area contributed by atoms with Gasteiger partial charge in [0.15, 0.2) is 0 Å². The number of carbonyl (C=O) groups is 1. The quantitative estimate of drug-likeness (QED) is 0.608. The molecule has 0 bridgehead atoms. The molecule has 1 aliphatic heterocycles. The summed E-state index contributed by atoms with van der Waals surface area (Å²) in [6.45, 7) is 5.05. The molecule has 4 atom stereocenters. The number of carbonyl (C=O) groups excluding carboxylic acids is 1. The third kappa shape index (κ3) is 6.21. The van der Waals surface area contributed by atoms with Crippen LogP contribution in [0.3, 0.4) is 0 Å². The molecule has 1 aliphatic rings. The maximum Gasteiger partial charge on any atom is 0.253 e. The predicted octanol–water partition coefficient (Wildman–Crippen LogP) is 1.96. The molecule has 0 aliphatic carbocycles. The number of hydrogen-bond acceptors (Lipinski definition) is 6. The van der Waals surface area contributed by atoms with E-state index in [4.69, 9.17) is 4.74 Å². The van der Waals surface area contributed by atoms with Crippen LogP contribution in [0.2, 0.25) is 0 Å². The predicted molar refractivity (Wildman–Crippen MR) is 132 cm³/mol. The van der Waals surface area contributed by atoms with E-state index >= 15 is 0 Å². The molecule has 3 rings (SSSR count). The van der Waals surface area contributed by atoms with E-state index in [0.29, 0.717) is 11.1 Å². The molecule has 0 spiro atoms. The minimum Gasteiger partial charge on any atom is -0.487 e. The van der Waals surface area contributed by atoms with Crippen molar-refractivity contribution < 1.29 is 28.2 Å². The van der Waals surface area contributed by atoms with Crippen molar-refractivity contribution in [1.82, 2.24) is 9.21 Å². The lowest BCUT2D eigenvalue weighted by molar-refractivity contribution is 0.0563. The normalized spacial score (nSPS) is 21.2. The number of amides is 1. The molecule has 9 heteroatoms. The van der Waals surface area contributed by atoms with Crippen molar-refractivity contribution in [3.05, 3.63) is 59.7 Å². The van der Waals surface area contributed by atoms with E-state index in [-0.39, 0.29) is 42.2 Å². The van der Waals surface area contributed by atoms with Crippen LogP contribution in [0.15, 0.2) is 53.4 Å². The summed E-state index contributed by atoms with van der Waals surface area (Å²) in [5, 5.41) is 19.3. The third-order valence-electron chi connectivity index (χ3n) is 5.91. The summed E-state index contributed by atoms with van der Waals surface area (Å²) in [5.74, 6) is 5.11. The Labute approximate surface area is 207 Å². The van der Waals surface area contributed by atoms with E-state index in [9.17, 15) is 23.4 Å². The lowest BCUT2D eigenvalue weighted by Crippen LogP contribution is -2.50. The highest BCUT2D eigenvalue weighted by Crippen LogP contribution is 2.34. The van der Waals surface area contributed by atoms with E-state index in [0.717, 1.165) is 0 Å². The van der Waals surface area contributed by atoms with Gasteiger partial charge in [0.05, 0.1) is 13.2 Å². The molecule has 2 aromatic rings. The number of rotatable bonds is 5. The summed E-state index contributed by atoms with van der Waals surface area (Å²) in [6, 6.07) is 12.8. The zero-order chi connectivity index (χ0) is 25.8. The molecular formula is C26H32N2O6S. The van der Waals surface area contributed by atoms with Crippen LogP contribution in [0.1, 0.15) is 36.7 Å². The number of nitrogens with zero attached hydrogens (tertiary/aromatic N) is 2. The van der Waals surface area contributed by atoms with Crippen molar-refractivity contribution in [2.75, 3.05) is 26.7 Å². The standard InChI is InChI=1S/C26H32N2O6S/c1-18-15-28(19(2)17-29)35(32,33)25-13-12-21(11-10-20(3)30)14-23(25)34-24(18)16-27(4)26(31)22-8-6-5-7-9-22/h5-9,12-14,18-20,24,29-30H,15-17H2,1-4H3/t18-,19-,20+,24+/m1/s1. The number of benzene rings is 2. The Balaban J connectivity index is 2.02. The summed E-state index contributed by atoms with van der Waals surface area (Å²) in [4.78, 5) is 14.5. The Morgan fingerprint density at radius 2 is 1.91 bits per heavy atom. The van der Waals surface area contributed by atoms with Gasteiger partial charge in [0.25, 0.3) is 5.91 Å². The fraction of sp³-hybridized carbons (Fsp3) is 0.423. The van der Waals surface area contributed by atoms with Crippen LogP contribution in [0, 0.1) is 17.8 Å². The third-order valence-corrected chi connectivity index (χ3v) is 7.93. The lowest BCUT2D eigenvalue weighted by Gasteiger charge is -2.37. The Morgan fingerprint density at radius 1 is 1.23 bits per heavy atom. The van der Waals surface area contributed by atoms with E-state index < -0.39 is 28.3 Å². The van der Waals surface area contributed by atoms with Crippen molar-refractivity contribution in [3.8, 4) is 17.6 Å². The molecule has 0 saturated carbocycles. The highest BCUT2D eigenvalue weighted by atomic mass is 32.2. The summed E-state index contributed by atoms with van der Waals surface area (Å²) >= 11 is 0. The van der Waals surface area contributed by atoms with E-state index in [1.165, 1.54) is 23.4 Å². The van der Waals surface area contributed by atoms with Crippen LogP contribution in [-0.2, 0) is 10.0 Å². The van der Waals surface area contributed by atoms with Crippen molar-refractivity contribution in [1.29, 1.82) is 0 Å². The van der Waals surface area contributed by atoms with Gasteiger partial charge in [-0.05, 0) is 44.2 Å². The first kappa shape index (κ1) is 26.7. The van der Waals surface area contributed by atoms with Crippen LogP contribution in [0.25, 0.3) is 0 Å². The van der Waals surface area contributed by atoms with Gasteiger partial charge < -0.3 is 19.8 Å². The molecule has 188 valence electrons. The minimum atomic E-state index is -3.98. The highest BCUT2D eigenvalue weighted by Gasteiger charge is 2.38. The van der Waals surface area contributed by atoms with Gasteiger partial charge >= 0.3 is 0 Å². The van der Waals surface area contributed by atoms with Crippen LogP contribution < -0.4 is 4.74 Å². The maximum absolute atomic E-state index is 13.5. The number of ether oxygens (including phenoxy) is 1. The van der Waals surface area contributed by atoms with Gasteiger partial charge in [-0.15, -0.1) is 0 Å². The van der Waals surface area contributed by atoms with Crippen molar-refractivity contribution in [2.24, 2.45) is 5.92 Å². The van der Waals surface area contributed by atoms with E-state index in [1.807, 2.05) is 13.0 Å². The molecule has 0 saturated heterocycles. The molecule has 2 aromatic carbocycles. The fourth-order valence-corrected chi connectivity index (χ4v) is 5.69. The smallest absolute Gasteiger partial charge is 0.253 e. The zero-order valence-electron chi connectivity index (χ0n) is 20.4. The molecule has 35 heavy (non-hydrogen) atoms. The highest BCUT2D eigenvalue weighted by molar-refractivity contribution is 7.89. The summed E-state index contributed by atoms with van der Waals surface area (Å²) < 4.78 is 34.6. The first-order chi connectivity index (χ1) is 16.5. The monoisotopic (exact) mass is 500 g/mol. The molecule has 0 unspecified atom stereocenters. The topological polar surface area (TPSA) is 107 Å². The van der Waals surface area contributed by atoms with Gasteiger partial charge in [-0.3, -0.25) is 4.79 Å². The lowest BCUT2D eigenvalue weighted by atomic mass is 10.0. The second-order valence-electron chi connectivity index (χ2n) is 8.90. The van der Waals surface area contributed by atoms with Crippen LogP contribution in [0.5, 0.6) is 5.75 Å². The number of aliphatic hydroxyl groups is 2. The SMILES string of the molecule is C[C@H](O)C#Cc1ccc2c(c1)O[C@@H](CN(C)C(=O)c1ccccc1)[C@H](C)CN([C@H](C)CO)S2(=O)=O. The van der Waals surface area contributed by atoms with Gasteiger partial charge in [-0.1, -0.05) is 37.0 Å². The number of likely N-dealkylation sites (N-methyl/N-ethyl adjacent to an activating group) is 1. The van der Waals surface area contributed by atoms with Gasteiger partial charge in [-0.2, -0.15) is 4.31 Å². The van der Waals surface area contributed by atoms with Crippen molar-refractivity contribution in [2.45, 2.75) is 43.9 Å². The molecule has 1 amide bonds. The van der Waals surface area contributed by atoms with E-state index in [1.54, 1.807) is 49.2 Å². The molecule has 0 aromatic heterocycles. The molecule has 1 heterocycles. The van der Waals surface area contributed by atoms with Crippen LogP contribution in [-0.4, -0.2) is 78.7 Å². The van der Waals surface area contributed by atoms with Gasteiger partial charge in [0.1, 0.15) is 22.9 Å². The first-order valence-electron chi connectivity index (χ1n) is 11.5. The van der Waals surface area contributed by atoms with E-state index in [2.05, 4.69) is 11.8 Å². The number of aliphatic hydroxyl groups excluding tert-OH is 2. The number of hydrogen-bond donors (Lipinski definition) is 2. The second kappa shape index (κ2) is 11.2. The van der Waals surface area contributed by atoms with Crippen molar-refractivity contribution >= 4 is 15.9 Å². The fourth-order valence-electron chi connectivity index (χ4n) is 3.86. The molecule has 0 radical (unpaired) electrons. The average Bonchev–Trinajstić information content (AvgIpc) is 2.84. The number of sulfonamides is 1. The molecule has 0 fully saturated rings. The molecular weight excluding hydrogens is 468 g/mol. The summed E-state index contributed by atoms with van der Waals surface area (Å²) in [6.07, 6.45) is -1.37. The minimum absolute atomic E-state index is 0.0330. The summed E-state index contributed by atoms with van der Waals surface area (Å²) in [7, 11) is -2.29. The van der Waals surface area contributed by atoms with Gasteiger partial charge in [0.2, 0.25) is 10.0 Å². The number of fused-ring (bicyclic) bond motifs is 1. The Kier molecular flexibility index (Phi) is 8.56. The largest absolute Gasteiger partial charge is 0.487 e. The Hall–Kier alpha value is -2.90. The first-order valence-corrected chi connectivity index (χ1v) is 12.9. The molecule has 8 nitrogen and oxygen atoms in total.